The van der Waals surface area contributed by atoms with Crippen molar-refractivity contribution in [3.63, 3.8) is 0 Å². The van der Waals surface area contributed by atoms with Crippen LogP contribution in [0, 0.1) is 144 Å². The number of fused-ring (bicyclic) bond motifs is 15. The van der Waals surface area contributed by atoms with Crippen LogP contribution < -0.4 is 0 Å². The minimum Gasteiger partial charge on any atom is -0.400 e. The van der Waals surface area contributed by atoms with E-state index in [2.05, 4.69) is 78.8 Å². The number of nitrogens with zero attached hydrogens (tertiary/aromatic N) is 5. The van der Waals surface area contributed by atoms with Gasteiger partial charge in [-0.2, -0.15) is 20.7 Å². The number of carbonyl (C=O) groups is 3. The number of rotatable bonds is 9. The lowest BCUT2D eigenvalue weighted by atomic mass is 9.43. The molecule has 27 atom stereocenters. The Kier molecular flexibility index (Phi) is 24.6. The number of hydrogen-bond donors (Lipinski definition) is 5. The molecule has 14 rings (SSSR count). The van der Waals surface area contributed by atoms with Gasteiger partial charge in [0.2, 0.25) is 0 Å². The molecule has 16 nitrogen and oxygen atoms in total. The number of aliphatic hydroxyl groups is 4. The Balaban J connectivity index is 0.000000174. The van der Waals surface area contributed by atoms with Gasteiger partial charge in [-0.15, -0.1) is 0 Å². The van der Waals surface area contributed by atoms with Gasteiger partial charge in [0.25, 0.3) is 0 Å². The van der Waals surface area contributed by atoms with E-state index in [4.69, 9.17) is 29.8 Å². The van der Waals surface area contributed by atoms with Crippen LogP contribution in [0.3, 0.4) is 0 Å². The van der Waals surface area contributed by atoms with Gasteiger partial charge in [0, 0.05) is 74.8 Å². The van der Waals surface area contributed by atoms with E-state index in [1.807, 2.05) is 48.2 Å². The number of ketones is 3. The van der Waals surface area contributed by atoms with Crippen LogP contribution in [-0.2, 0) is 35.1 Å². The topological polar surface area (TPSA) is 254 Å². The number of methoxy groups -OCH3 is 3. The van der Waals surface area contributed by atoms with Crippen LogP contribution in [0.5, 0.6) is 0 Å². The van der Waals surface area contributed by atoms with Crippen molar-refractivity contribution >= 4 is 33.3 Å². The maximum Gasteiger partial charge on any atom is 0.157 e. The van der Waals surface area contributed by atoms with Gasteiger partial charge < -0.3 is 34.6 Å². The van der Waals surface area contributed by atoms with E-state index in [0.29, 0.717) is 98.0 Å². The van der Waals surface area contributed by atoms with Crippen LogP contribution in [0.15, 0.2) is 24.8 Å². The molecular formula is C80H129BrN6O10. The number of alkyl halides is 1. The molecule has 2 aromatic heterocycles. The first-order chi connectivity index (χ1) is 44.9. The first kappa shape index (κ1) is 79.3. The molecule has 2 heterocycles. The van der Waals surface area contributed by atoms with E-state index >= 15 is 0 Å². The number of Topliss-reactive ketones (excluding diaryl/α,β-unsaturated/α-hetero) is 3. The van der Waals surface area contributed by atoms with Crippen LogP contribution in [0.4, 0.5) is 0 Å². The van der Waals surface area contributed by atoms with Gasteiger partial charge in [0.05, 0.1) is 70.5 Å². The molecule has 12 aliphatic rings. The van der Waals surface area contributed by atoms with Gasteiger partial charge >= 0.3 is 0 Å². The van der Waals surface area contributed by atoms with Gasteiger partial charge in [0.15, 0.2) is 5.78 Å². The summed E-state index contributed by atoms with van der Waals surface area (Å²) in [7, 11) is 6.54. The third kappa shape index (κ3) is 14.1. The summed E-state index contributed by atoms with van der Waals surface area (Å²) >= 11 is 3.43. The summed E-state index contributed by atoms with van der Waals surface area (Å²) in [4.78, 5) is 38.7. The molecule has 97 heavy (non-hydrogen) atoms. The first-order valence-corrected chi connectivity index (χ1v) is 38.1. The summed E-state index contributed by atoms with van der Waals surface area (Å²) in [5, 5.41) is 67.0. The van der Waals surface area contributed by atoms with E-state index in [1.54, 1.807) is 24.0 Å². The summed E-state index contributed by atoms with van der Waals surface area (Å²) in [6.07, 6.45) is 32.7. The molecule has 12 fully saturated rings. The smallest absolute Gasteiger partial charge is 0.157 e. The number of ether oxygens (including phenoxy) is 3. The molecule has 2 aromatic rings. The summed E-state index contributed by atoms with van der Waals surface area (Å²) in [6, 6.07) is 4.00. The van der Waals surface area contributed by atoms with Crippen LogP contribution in [0.2, 0.25) is 0 Å². The number of nitriles is 2. The number of H-pyrrole nitrogens is 1. The number of carbonyl (C=O) groups excluding carboxylic acids is 3. The lowest BCUT2D eigenvalue weighted by Crippen LogP contribution is -2.60. The first-order valence-electron chi connectivity index (χ1n) is 37.0. The average molecular weight is 1410 g/mol. The molecule has 0 aromatic carbocycles. The normalized spacial score (nSPS) is 46.9. The molecular weight excluding hydrogens is 1280 g/mol. The summed E-state index contributed by atoms with van der Waals surface area (Å²) in [5.74, 6) is 8.90. The summed E-state index contributed by atoms with van der Waals surface area (Å²) in [5.41, 5.74) is 0.340. The molecule has 0 unspecified atom stereocenters. The quantitative estimate of drug-likeness (QED) is 0.146. The summed E-state index contributed by atoms with van der Waals surface area (Å²) < 4.78 is 20.1. The van der Waals surface area contributed by atoms with Crippen LogP contribution >= 0.6 is 15.9 Å². The zero-order valence-corrected chi connectivity index (χ0v) is 62.0. The molecule has 12 aliphatic carbocycles. The fourth-order valence-electron chi connectivity index (χ4n) is 26.1. The molecule has 17 heteroatoms. The van der Waals surface area contributed by atoms with E-state index in [1.165, 1.54) is 63.8 Å². The van der Waals surface area contributed by atoms with Gasteiger partial charge in [-0.1, -0.05) is 72.3 Å². The molecule has 546 valence electrons. The Morgan fingerprint density at radius 3 is 1.21 bits per heavy atom. The van der Waals surface area contributed by atoms with Gasteiger partial charge in [-0.25, -0.2) is 0 Å². The number of nitrogens with one attached hydrogen (secondary N) is 1. The van der Waals surface area contributed by atoms with Crippen LogP contribution in [0.1, 0.15) is 249 Å². The zero-order valence-electron chi connectivity index (χ0n) is 60.4. The maximum atomic E-state index is 13.5. The highest BCUT2D eigenvalue weighted by molar-refractivity contribution is 9.09. The van der Waals surface area contributed by atoms with Crippen molar-refractivity contribution in [1.82, 2.24) is 20.0 Å². The van der Waals surface area contributed by atoms with E-state index in [0.717, 1.165) is 122 Å². The number of aromatic nitrogens is 4. The molecule has 0 aliphatic heterocycles. The molecule has 12 saturated carbocycles. The van der Waals surface area contributed by atoms with Crippen molar-refractivity contribution in [1.29, 1.82) is 10.5 Å². The van der Waals surface area contributed by atoms with E-state index in [-0.39, 0.29) is 84.9 Å². The van der Waals surface area contributed by atoms with Crippen molar-refractivity contribution < 1.29 is 49.0 Å². The second-order valence-corrected chi connectivity index (χ2v) is 35.8. The Bertz CT molecular complexity index is 3100. The number of hydrogen-bond acceptors (Lipinski definition) is 14. The van der Waals surface area contributed by atoms with Crippen molar-refractivity contribution in [2.75, 3.05) is 33.8 Å². The fraction of sp³-hybridized carbons (Fsp3) is 0.863. The lowest BCUT2D eigenvalue weighted by Gasteiger charge is -2.63. The van der Waals surface area contributed by atoms with Crippen molar-refractivity contribution in [3.05, 3.63) is 35.9 Å². The second-order valence-electron chi connectivity index (χ2n) is 35.3. The highest BCUT2D eigenvalue weighted by atomic mass is 79.9. The van der Waals surface area contributed by atoms with Gasteiger partial charge in [0.1, 0.15) is 23.7 Å². The van der Waals surface area contributed by atoms with E-state index < -0.39 is 16.8 Å². The molecule has 5 N–H and O–H groups in total. The third-order valence-electron chi connectivity index (χ3n) is 31.0. The number of aromatic amines is 1. The Morgan fingerprint density at radius 1 is 0.536 bits per heavy atom. The van der Waals surface area contributed by atoms with Crippen LogP contribution in [0.25, 0.3) is 0 Å². The van der Waals surface area contributed by atoms with Gasteiger partial charge in [-0.05, 0) is 269 Å². The van der Waals surface area contributed by atoms with E-state index in [9.17, 15) is 29.7 Å². The minimum atomic E-state index is -0.524. The van der Waals surface area contributed by atoms with Crippen molar-refractivity contribution in [3.8, 4) is 12.1 Å². The van der Waals surface area contributed by atoms with Crippen molar-refractivity contribution in [2.45, 2.75) is 280 Å². The summed E-state index contributed by atoms with van der Waals surface area (Å²) in [6.45, 7) is 22.6. The number of halogens is 1. The molecule has 0 amide bonds. The standard InChI is InChI=1S/C27H39N3O3.C23H37BrO3.C23H38O3.C4H3N3.CH4O.2CH4/c1-25(32)9-10-26(2)18(12-25)5-6-19-20-7-8-21(27(20,3)24(33-4)11-22(19)26)23(31)16-30-15-17(13-28)14-29-30;1-21(26)9-10-22(2)14(12-21)5-6-15-16-7-8-17(19(25)13-24)23(16,3)20(27-4)11-18(15)22;1-14(24)17-8-9-18-16-7-6-15-13-21(2,25)10-11-22(15,3)19(16)12-20(26-5)23(17,18)4;5-1-4-2-6-7-3-4;1-2;;/h14-15,18-22,24,32H,5-12,16H2,1-4H3;14-18,20,26H,5-13H2,1-4H3;15-20,25H,6-13H2,1-5H3;2-3H,(H,6,7);2H,1H3;2*1H4/t18-,19-,20-,21+,22-,24-,25+,26-,27-;14-,15-,16-,17+,18-,20-,21+,22-,23-;15-,16-,17+,18-,19-,20-,21+,22-,23+;;;;/m000..../s1. The predicted molar refractivity (Wildman–Crippen MR) is 382 cm³/mol. The second kappa shape index (κ2) is 30.1. The SMILES string of the molecule is C.C.CO.CO[C@H]1C[C@H]2[C@@H](CC[C@H]3C[C@](C)(O)CC[C@@]32C)[C@@H]2CC[C@H](C(=O)CBr)[C@@]12C.CO[C@H]1C[C@H]2[C@@H](CC[C@H]3C[C@](C)(O)CC[C@@]32C)[C@@H]2CC[C@H](C(=O)Cn3cc(C#N)cn3)[C@@]12C.CO[C@H]1C[C@H]2[C@@H](CC[C@H]3C[C@](C)(O)CC[C@@]32C)[C@@H]2CC[C@H](C(C)=O)[C@@]12C.N#Cc1cn[nH]c1. The third-order valence-corrected chi connectivity index (χ3v) is 31.6. The maximum absolute atomic E-state index is 13.5. The van der Waals surface area contributed by atoms with Crippen LogP contribution in [-0.4, -0.2) is 127 Å². The highest BCUT2D eigenvalue weighted by Crippen LogP contribution is 2.72. The highest BCUT2D eigenvalue weighted by Gasteiger charge is 2.69. The van der Waals surface area contributed by atoms with Crippen molar-refractivity contribution in [2.24, 2.45) is 121 Å². The molecule has 0 saturated heterocycles. The molecule has 0 spiro atoms. The molecule has 0 radical (unpaired) electrons. The molecule has 0 bridgehead atoms. The monoisotopic (exact) mass is 1410 g/mol. The van der Waals surface area contributed by atoms with Gasteiger partial charge in [-0.3, -0.25) is 24.2 Å². The Hall–Kier alpha value is -3.39. The fourth-order valence-corrected chi connectivity index (χ4v) is 26.4. The Morgan fingerprint density at radius 2 is 0.897 bits per heavy atom. The average Bonchev–Trinajstić information content (AvgIpc) is 1.62. The minimum absolute atomic E-state index is 0. The Labute approximate surface area is 592 Å². The lowest BCUT2D eigenvalue weighted by molar-refractivity contribution is -0.188. The largest absolute Gasteiger partial charge is 0.400 e. The predicted octanol–water partition coefficient (Wildman–Crippen LogP) is 15.1. The number of aliphatic hydroxyl groups excluding tert-OH is 1. The zero-order chi connectivity index (χ0) is 69.2.